The Morgan fingerprint density at radius 3 is 2.32 bits per heavy atom. The first kappa shape index (κ1) is 15.2. The molecule has 0 atom stereocenters. The van der Waals surface area contributed by atoms with Crippen molar-refractivity contribution in [2.45, 2.75) is 18.3 Å². The molecule has 0 aliphatic rings. The topological polar surface area (TPSA) is 0 Å². The SMILES string of the molecule is ClCC(CCl)(CCc1cccs1)c1ccccc1Cl. The molecule has 0 amide bonds. The van der Waals surface area contributed by atoms with Crippen molar-refractivity contribution in [2.75, 3.05) is 11.8 Å². The monoisotopic (exact) mass is 332 g/mol. The molecule has 4 heteroatoms. The molecule has 0 bridgehead atoms. The molecule has 0 aliphatic carbocycles. The van der Waals surface area contributed by atoms with Crippen molar-refractivity contribution in [1.82, 2.24) is 0 Å². The Morgan fingerprint density at radius 1 is 1.00 bits per heavy atom. The number of alkyl halides is 2. The van der Waals surface area contributed by atoms with Gasteiger partial charge >= 0.3 is 0 Å². The van der Waals surface area contributed by atoms with Gasteiger partial charge in [-0.05, 0) is 35.9 Å². The van der Waals surface area contributed by atoms with Gasteiger partial charge in [0, 0.05) is 27.1 Å². The maximum Gasteiger partial charge on any atom is 0.0444 e. The lowest BCUT2D eigenvalue weighted by molar-refractivity contribution is 0.494. The van der Waals surface area contributed by atoms with E-state index < -0.39 is 0 Å². The highest BCUT2D eigenvalue weighted by atomic mass is 35.5. The lowest BCUT2D eigenvalue weighted by Crippen LogP contribution is -2.31. The van der Waals surface area contributed by atoms with Gasteiger partial charge < -0.3 is 0 Å². The molecule has 0 aliphatic heterocycles. The Labute approximate surface area is 133 Å². The van der Waals surface area contributed by atoms with Crippen LogP contribution in [0.15, 0.2) is 41.8 Å². The summed E-state index contributed by atoms with van der Waals surface area (Å²) >= 11 is 20.5. The molecule has 1 aromatic heterocycles. The fraction of sp³-hybridized carbons (Fsp3) is 0.333. The molecule has 0 radical (unpaired) electrons. The molecule has 0 saturated carbocycles. The second-order valence-corrected chi connectivity index (χ2v) is 6.58. The van der Waals surface area contributed by atoms with E-state index in [1.54, 1.807) is 11.3 Å². The van der Waals surface area contributed by atoms with Gasteiger partial charge in [-0.2, -0.15) is 0 Å². The smallest absolute Gasteiger partial charge is 0.0444 e. The van der Waals surface area contributed by atoms with Crippen molar-refractivity contribution >= 4 is 46.1 Å². The Hall–Kier alpha value is -0.210. The van der Waals surface area contributed by atoms with Crippen LogP contribution in [-0.4, -0.2) is 11.8 Å². The molecule has 1 heterocycles. The van der Waals surface area contributed by atoms with E-state index >= 15 is 0 Å². The van der Waals surface area contributed by atoms with Crippen LogP contribution in [0.4, 0.5) is 0 Å². The summed E-state index contributed by atoms with van der Waals surface area (Å²) in [5, 5.41) is 2.84. The van der Waals surface area contributed by atoms with Gasteiger partial charge in [0.2, 0.25) is 0 Å². The minimum atomic E-state index is -0.258. The maximum absolute atomic E-state index is 6.31. The van der Waals surface area contributed by atoms with E-state index in [0.717, 1.165) is 23.4 Å². The summed E-state index contributed by atoms with van der Waals surface area (Å²) in [7, 11) is 0. The first-order valence-corrected chi connectivity index (χ1v) is 8.44. The minimum Gasteiger partial charge on any atom is -0.149 e. The molecule has 2 rings (SSSR count). The van der Waals surface area contributed by atoms with E-state index in [1.807, 2.05) is 24.3 Å². The van der Waals surface area contributed by atoms with Crippen molar-refractivity contribution < 1.29 is 0 Å². The van der Waals surface area contributed by atoms with Gasteiger partial charge in [-0.3, -0.25) is 0 Å². The van der Waals surface area contributed by atoms with Crippen LogP contribution in [0.5, 0.6) is 0 Å². The lowest BCUT2D eigenvalue weighted by Gasteiger charge is -2.31. The molecule has 0 N–H and O–H groups in total. The first-order chi connectivity index (χ1) is 9.22. The summed E-state index contributed by atoms with van der Waals surface area (Å²) in [6, 6.07) is 12.1. The average molecular weight is 334 g/mol. The van der Waals surface area contributed by atoms with Crippen molar-refractivity contribution in [3.63, 3.8) is 0 Å². The average Bonchev–Trinajstić information content (AvgIpc) is 2.95. The lowest BCUT2D eigenvalue weighted by atomic mass is 9.80. The molecule has 0 saturated heterocycles. The number of halogens is 3. The summed E-state index contributed by atoms with van der Waals surface area (Å²) in [4.78, 5) is 1.35. The summed E-state index contributed by atoms with van der Waals surface area (Å²) in [6.45, 7) is 0. The minimum absolute atomic E-state index is 0.258. The largest absolute Gasteiger partial charge is 0.149 e. The highest BCUT2D eigenvalue weighted by Gasteiger charge is 2.32. The third-order valence-corrected chi connectivity index (χ3v) is 5.68. The van der Waals surface area contributed by atoms with Gasteiger partial charge in [0.25, 0.3) is 0 Å². The Morgan fingerprint density at radius 2 is 1.74 bits per heavy atom. The van der Waals surface area contributed by atoms with Crippen LogP contribution in [0.25, 0.3) is 0 Å². The van der Waals surface area contributed by atoms with Crippen molar-refractivity contribution in [3.8, 4) is 0 Å². The number of thiophene rings is 1. The summed E-state index contributed by atoms with van der Waals surface area (Å²) in [6.07, 6.45) is 1.88. The molecular weight excluding hydrogens is 319 g/mol. The molecular formula is C15H15Cl3S. The summed E-state index contributed by atoms with van der Waals surface area (Å²) in [5.41, 5.74) is 0.795. The predicted molar refractivity (Wildman–Crippen MR) is 87.2 cm³/mol. The number of hydrogen-bond acceptors (Lipinski definition) is 1. The Kier molecular flexibility index (Phi) is 5.58. The molecule has 0 fully saturated rings. The molecule has 19 heavy (non-hydrogen) atoms. The van der Waals surface area contributed by atoms with E-state index in [0.29, 0.717) is 11.8 Å². The fourth-order valence-electron chi connectivity index (χ4n) is 2.16. The van der Waals surface area contributed by atoms with Crippen LogP contribution < -0.4 is 0 Å². The highest BCUT2D eigenvalue weighted by molar-refractivity contribution is 7.09. The Balaban J connectivity index is 2.24. The van der Waals surface area contributed by atoms with Gasteiger partial charge in [0.05, 0.1) is 0 Å². The van der Waals surface area contributed by atoms with Gasteiger partial charge in [0.1, 0.15) is 0 Å². The van der Waals surface area contributed by atoms with Crippen LogP contribution in [0.1, 0.15) is 16.9 Å². The number of hydrogen-bond donors (Lipinski definition) is 0. The molecule has 2 aromatic rings. The quantitative estimate of drug-likeness (QED) is 0.590. The standard InChI is InChI=1S/C15H15Cl3S/c16-10-15(11-17,8-7-12-4-3-9-19-12)13-5-1-2-6-14(13)18/h1-6,9H,7-8,10-11H2. The van der Waals surface area contributed by atoms with Crippen LogP contribution in [-0.2, 0) is 11.8 Å². The molecule has 102 valence electrons. The van der Waals surface area contributed by atoms with Crippen LogP contribution in [0.2, 0.25) is 5.02 Å². The molecule has 1 aromatic carbocycles. The molecule has 0 nitrogen and oxygen atoms in total. The second-order valence-electron chi connectivity index (χ2n) is 4.61. The van der Waals surface area contributed by atoms with Gasteiger partial charge in [-0.1, -0.05) is 35.9 Å². The summed E-state index contributed by atoms with van der Waals surface area (Å²) in [5.74, 6) is 0.956. The molecule has 0 spiro atoms. The van der Waals surface area contributed by atoms with Gasteiger partial charge in [0.15, 0.2) is 0 Å². The third-order valence-electron chi connectivity index (χ3n) is 3.39. The zero-order valence-electron chi connectivity index (χ0n) is 10.4. The zero-order chi connectivity index (χ0) is 13.7. The zero-order valence-corrected chi connectivity index (χ0v) is 13.5. The van der Waals surface area contributed by atoms with Crippen molar-refractivity contribution in [1.29, 1.82) is 0 Å². The van der Waals surface area contributed by atoms with Crippen molar-refractivity contribution in [3.05, 3.63) is 57.2 Å². The first-order valence-electron chi connectivity index (χ1n) is 6.11. The second kappa shape index (κ2) is 6.99. The van der Waals surface area contributed by atoms with Crippen molar-refractivity contribution in [2.24, 2.45) is 0 Å². The van der Waals surface area contributed by atoms with E-state index in [9.17, 15) is 0 Å². The van der Waals surface area contributed by atoms with Crippen LogP contribution in [0.3, 0.4) is 0 Å². The third kappa shape index (κ3) is 3.46. The maximum atomic E-state index is 6.31. The fourth-order valence-corrected chi connectivity index (χ4v) is 4.04. The molecule has 0 unspecified atom stereocenters. The number of benzene rings is 1. The number of aryl methyl sites for hydroxylation is 1. The van der Waals surface area contributed by atoms with E-state index in [2.05, 4.69) is 17.5 Å². The van der Waals surface area contributed by atoms with E-state index in [4.69, 9.17) is 34.8 Å². The van der Waals surface area contributed by atoms with Gasteiger partial charge in [-0.15, -0.1) is 34.5 Å². The van der Waals surface area contributed by atoms with Crippen LogP contribution in [0, 0.1) is 0 Å². The normalized spacial score (nSPS) is 11.7. The highest BCUT2D eigenvalue weighted by Crippen LogP contribution is 2.37. The summed E-state index contributed by atoms with van der Waals surface area (Å²) < 4.78 is 0. The number of rotatable bonds is 6. The van der Waals surface area contributed by atoms with Gasteiger partial charge in [-0.25, -0.2) is 0 Å². The van der Waals surface area contributed by atoms with E-state index in [1.165, 1.54) is 4.88 Å². The Bertz CT molecular complexity index is 504. The predicted octanol–water partition coefficient (Wildman–Crippen LogP) is 5.75. The van der Waals surface area contributed by atoms with Crippen LogP contribution >= 0.6 is 46.1 Å². The van der Waals surface area contributed by atoms with E-state index in [-0.39, 0.29) is 5.41 Å².